The van der Waals surface area contributed by atoms with E-state index in [1.165, 1.54) is 6.07 Å². The lowest BCUT2D eigenvalue weighted by Gasteiger charge is -2.28. The number of alkyl halides is 6. The molecule has 3 rings (SSSR count). The molecular weight excluding hydrogens is 360 g/mol. The lowest BCUT2D eigenvalue weighted by atomic mass is 9.81. The van der Waals surface area contributed by atoms with E-state index in [4.69, 9.17) is 0 Å². The highest BCUT2D eigenvalue weighted by Gasteiger charge is 2.38. The maximum absolute atomic E-state index is 13.2. The topological polar surface area (TPSA) is 33.1 Å². The Balaban J connectivity index is 2.23. The third kappa shape index (κ3) is 3.65. The molecule has 2 aromatic rings. The molecule has 1 aliphatic carbocycles. The van der Waals surface area contributed by atoms with Crippen LogP contribution in [0.4, 0.5) is 26.3 Å². The minimum absolute atomic E-state index is 0.0918. The van der Waals surface area contributed by atoms with Crippen molar-refractivity contribution in [2.24, 2.45) is 5.92 Å². The second-order valence-electron chi connectivity index (χ2n) is 6.64. The van der Waals surface area contributed by atoms with Crippen LogP contribution in [0.25, 0.3) is 10.9 Å². The van der Waals surface area contributed by atoms with Crippen LogP contribution in [0, 0.1) is 5.92 Å². The Morgan fingerprint density at radius 3 is 2.19 bits per heavy atom. The fourth-order valence-corrected chi connectivity index (χ4v) is 3.60. The van der Waals surface area contributed by atoms with Crippen molar-refractivity contribution in [2.45, 2.75) is 50.6 Å². The molecule has 1 fully saturated rings. The predicted molar refractivity (Wildman–Crippen MR) is 83.3 cm³/mol. The molecule has 2 nitrogen and oxygen atoms in total. The van der Waals surface area contributed by atoms with Crippen molar-refractivity contribution >= 4 is 10.9 Å². The highest BCUT2D eigenvalue weighted by Crippen LogP contribution is 2.42. The molecule has 0 radical (unpaired) electrons. The van der Waals surface area contributed by atoms with E-state index in [0.29, 0.717) is 25.0 Å². The number of halogens is 6. The predicted octanol–water partition coefficient (Wildman–Crippen LogP) is 5.89. The quantitative estimate of drug-likeness (QED) is 0.663. The molecule has 1 aromatic carbocycles. The summed E-state index contributed by atoms with van der Waals surface area (Å²) in [5, 5.41) is 10.6. The van der Waals surface area contributed by atoms with Gasteiger partial charge in [0.25, 0.3) is 0 Å². The summed E-state index contributed by atoms with van der Waals surface area (Å²) in [6.07, 6.45) is -7.10. The third-order valence-electron chi connectivity index (χ3n) is 4.88. The van der Waals surface area contributed by atoms with E-state index in [1.54, 1.807) is 0 Å². The number of rotatable bonds is 2. The van der Waals surface area contributed by atoms with E-state index < -0.39 is 35.2 Å². The standard InChI is InChI=1S/C18H17F6NO/c19-17(20,21)13-8-4-7-11-12(16(26)10-5-2-1-3-6-10)9-14(18(22,23)24)25-15(11)13/h4,7-10,16,26H,1-3,5-6H2/t16-/m1/s1. The molecule has 1 heterocycles. The van der Waals surface area contributed by atoms with Crippen LogP contribution in [-0.2, 0) is 12.4 Å². The van der Waals surface area contributed by atoms with E-state index in [1.807, 2.05) is 0 Å². The smallest absolute Gasteiger partial charge is 0.388 e. The van der Waals surface area contributed by atoms with Gasteiger partial charge in [0.15, 0.2) is 0 Å². The zero-order valence-corrected chi connectivity index (χ0v) is 13.7. The lowest BCUT2D eigenvalue weighted by Crippen LogP contribution is -2.19. The summed E-state index contributed by atoms with van der Waals surface area (Å²) in [6, 6.07) is 3.78. The summed E-state index contributed by atoms with van der Waals surface area (Å²) < 4.78 is 79.4. The summed E-state index contributed by atoms with van der Waals surface area (Å²) in [6.45, 7) is 0. The third-order valence-corrected chi connectivity index (χ3v) is 4.88. The zero-order chi connectivity index (χ0) is 19.1. The van der Waals surface area contributed by atoms with Crippen molar-refractivity contribution < 1.29 is 31.4 Å². The van der Waals surface area contributed by atoms with Gasteiger partial charge in [0, 0.05) is 5.39 Å². The Morgan fingerprint density at radius 1 is 0.962 bits per heavy atom. The van der Waals surface area contributed by atoms with Gasteiger partial charge in [-0.25, -0.2) is 4.98 Å². The minimum Gasteiger partial charge on any atom is -0.388 e. The van der Waals surface area contributed by atoms with Gasteiger partial charge < -0.3 is 5.11 Å². The van der Waals surface area contributed by atoms with E-state index in [0.717, 1.165) is 25.3 Å². The summed E-state index contributed by atoms with van der Waals surface area (Å²) in [5.41, 5.74) is -3.58. The molecule has 0 amide bonds. The Morgan fingerprint density at radius 2 is 1.62 bits per heavy atom. The van der Waals surface area contributed by atoms with Gasteiger partial charge in [-0.05, 0) is 36.5 Å². The number of benzene rings is 1. The second kappa shape index (κ2) is 6.72. The van der Waals surface area contributed by atoms with Crippen molar-refractivity contribution in [1.82, 2.24) is 4.98 Å². The Hall–Kier alpha value is -1.83. The average molecular weight is 377 g/mol. The Labute approximate surface area is 145 Å². The van der Waals surface area contributed by atoms with Crippen molar-refractivity contribution in [2.75, 3.05) is 0 Å². The SMILES string of the molecule is O[C@@H](c1cc(C(F)(F)F)nc2c(C(F)(F)F)cccc12)C1CCCCC1. The number of para-hydroxylation sites is 1. The van der Waals surface area contributed by atoms with Crippen LogP contribution in [0.2, 0.25) is 0 Å². The molecule has 1 saturated carbocycles. The fraction of sp³-hybridized carbons (Fsp3) is 0.500. The van der Waals surface area contributed by atoms with Gasteiger partial charge in [0.05, 0.1) is 17.2 Å². The van der Waals surface area contributed by atoms with Gasteiger partial charge in [-0.1, -0.05) is 31.4 Å². The fourth-order valence-electron chi connectivity index (χ4n) is 3.60. The first kappa shape index (κ1) is 18.9. The van der Waals surface area contributed by atoms with Gasteiger partial charge in [-0.3, -0.25) is 0 Å². The highest BCUT2D eigenvalue weighted by atomic mass is 19.4. The summed E-state index contributed by atoms with van der Waals surface area (Å²) in [7, 11) is 0. The molecule has 0 bridgehead atoms. The molecule has 0 saturated heterocycles. The number of aliphatic hydroxyl groups excluding tert-OH is 1. The van der Waals surface area contributed by atoms with Crippen molar-refractivity contribution in [3.05, 3.63) is 41.1 Å². The number of aromatic nitrogens is 1. The van der Waals surface area contributed by atoms with Gasteiger partial charge in [0.1, 0.15) is 5.69 Å². The molecule has 0 aliphatic heterocycles. The Kier molecular flexibility index (Phi) is 4.90. The Bertz CT molecular complexity index is 793. The monoisotopic (exact) mass is 377 g/mol. The van der Waals surface area contributed by atoms with Crippen molar-refractivity contribution in [3.63, 3.8) is 0 Å². The van der Waals surface area contributed by atoms with Gasteiger partial charge >= 0.3 is 12.4 Å². The normalized spacial score (nSPS) is 18.3. The largest absolute Gasteiger partial charge is 0.433 e. The number of hydrogen-bond acceptors (Lipinski definition) is 2. The van der Waals surface area contributed by atoms with Crippen LogP contribution in [0.1, 0.15) is 55.0 Å². The van der Waals surface area contributed by atoms with Gasteiger partial charge in [-0.15, -0.1) is 0 Å². The van der Waals surface area contributed by atoms with E-state index in [9.17, 15) is 31.4 Å². The van der Waals surface area contributed by atoms with E-state index in [2.05, 4.69) is 4.98 Å². The maximum Gasteiger partial charge on any atom is 0.433 e. The van der Waals surface area contributed by atoms with Crippen LogP contribution in [0.5, 0.6) is 0 Å². The van der Waals surface area contributed by atoms with Crippen molar-refractivity contribution in [3.8, 4) is 0 Å². The number of pyridine rings is 1. The first-order valence-electron chi connectivity index (χ1n) is 8.35. The van der Waals surface area contributed by atoms with Gasteiger partial charge in [0.2, 0.25) is 0 Å². The molecule has 8 heteroatoms. The molecule has 142 valence electrons. The molecule has 1 aliphatic rings. The van der Waals surface area contributed by atoms with Crippen LogP contribution in [0.15, 0.2) is 24.3 Å². The average Bonchev–Trinajstić information content (AvgIpc) is 2.58. The highest BCUT2D eigenvalue weighted by molar-refractivity contribution is 5.86. The first-order chi connectivity index (χ1) is 12.1. The molecule has 1 N–H and O–H groups in total. The number of nitrogens with zero attached hydrogens (tertiary/aromatic N) is 1. The minimum atomic E-state index is -4.91. The number of aliphatic hydroxyl groups is 1. The lowest BCUT2D eigenvalue weighted by molar-refractivity contribution is -0.142. The molecule has 0 spiro atoms. The van der Waals surface area contributed by atoms with Crippen LogP contribution in [0.3, 0.4) is 0 Å². The zero-order valence-electron chi connectivity index (χ0n) is 13.7. The first-order valence-corrected chi connectivity index (χ1v) is 8.35. The number of fused-ring (bicyclic) bond motifs is 1. The maximum atomic E-state index is 13.2. The summed E-state index contributed by atoms with van der Waals surface area (Å²) in [4.78, 5) is 3.24. The van der Waals surface area contributed by atoms with Crippen LogP contribution < -0.4 is 0 Å². The molecule has 1 atom stereocenters. The van der Waals surface area contributed by atoms with E-state index in [-0.39, 0.29) is 16.9 Å². The molecule has 0 unspecified atom stereocenters. The van der Waals surface area contributed by atoms with Crippen molar-refractivity contribution in [1.29, 1.82) is 0 Å². The summed E-state index contributed by atoms with van der Waals surface area (Å²) >= 11 is 0. The summed E-state index contributed by atoms with van der Waals surface area (Å²) in [5.74, 6) is -0.273. The van der Waals surface area contributed by atoms with E-state index >= 15 is 0 Å². The van der Waals surface area contributed by atoms with Crippen LogP contribution in [-0.4, -0.2) is 10.1 Å². The van der Waals surface area contributed by atoms with Crippen LogP contribution >= 0.6 is 0 Å². The van der Waals surface area contributed by atoms with Gasteiger partial charge in [-0.2, -0.15) is 26.3 Å². The molecular formula is C18H17F6NO. The molecule has 26 heavy (non-hydrogen) atoms. The number of hydrogen-bond donors (Lipinski definition) is 1. The second-order valence-corrected chi connectivity index (χ2v) is 6.64. The molecule has 1 aromatic heterocycles.